The topological polar surface area (TPSA) is 26.3 Å². The summed E-state index contributed by atoms with van der Waals surface area (Å²) >= 11 is 0. The van der Waals surface area contributed by atoms with Gasteiger partial charge in [-0.15, -0.1) is 0 Å². The van der Waals surface area contributed by atoms with Crippen LogP contribution in [0, 0.1) is 5.92 Å². The number of carbonyl (C=O) groups excluding carboxylic acids is 1. The molecule has 2 aliphatic rings. The summed E-state index contributed by atoms with van der Waals surface area (Å²) in [6, 6.07) is 5.93. The van der Waals surface area contributed by atoms with Gasteiger partial charge < -0.3 is 4.74 Å². The predicted octanol–water partition coefficient (Wildman–Crippen LogP) is 3.38. The second-order valence-corrected chi connectivity index (χ2v) is 5.30. The molecule has 2 nitrogen and oxygen atoms in total. The zero-order valence-electron chi connectivity index (χ0n) is 10.2. The number of benzene rings is 1. The molecule has 1 aromatic carbocycles. The van der Waals surface area contributed by atoms with E-state index in [0.717, 1.165) is 30.6 Å². The molecule has 90 valence electrons. The SMILES string of the molecule is CC1Cc2cc(C(=O)C3CCCC3)ccc2O1. The van der Waals surface area contributed by atoms with Gasteiger partial charge in [0.1, 0.15) is 11.9 Å². The van der Waals surface area contributed by atoms with Crippen LogP contribution in [0.3, 0.4) is 0 Å². The van der Waals surface area contributed by atoms with Crippen LogP contribution in [0.5, 0.6) is 5.75 Å². The first-order valence-corrected chi connectivity index (χ1v) is 6.58. The highest BCUT2D eigenvalue weighted by molar-refractivity contribution is 5.98. The third-order valence-electron chi connectivity index (χ3n) is 3.91. The maximum absolute atomic E-state index is 12.3. The van der Waals surface area contributed by atoms with Crippen molar-refractivity contribution in [2.45, 2.75) is 45.1 Å². The van der Waals surface area contributed by atoms with Gasteiger partial charge in [-0.25, -0.2) is 0 Å². The minimum Gasteiger partial charge on any atom is -0.490 e. The van der Waals surface area contributed by atoms with Crippen LogP contribution in [0.4, 0.5) is 0 Å². The second-order valence-electron chi connectivity index (χ2n) is 5.30. The van der Waals surface area contributed by atoms with Gasteiger partial charge in [-0.3, -0.25) is 4.79 Å². The molecule has 1 aliphatic heterocycles. The summed E-state index contributed by atoms with van der Waals surface area (Å²) in [5, 5.41) is 0. The molecule has 0 aromatic heterocycles. The van der Waals surface area contributed by atoms with E-state index in [1.165, 1.54) is 18.4 Å². The Hall–Kier alpha value is -1.31. The van der Waals surface area contributed by atoms with Crippen LogP contribution in [-0.2, 0) is 6.42 Å². The van der Waals surface area contributed by atoms with Crippen molar-refractivity contribution in [2.24, 2.45) is 5.92 Å². The van der Waals surface area contributed by atoms with E-state index in [9.17, 15) is 4.79 Å². The number of ketones is 1. The minimum atomic E-state index is 0.252. The molecule has 1 aromatic rings. The van der Waals surface area contributed by atoms with Gasteiger partial charge in [0.2, 0.25) is 0 Å². The van der Waals surface area contributed by atoms with Crippen LogP contribution in [0.15, 0.2) is 18.2 Å². The molecule has 0 N–H and O–H groups in total. The summed E-state index contributed by atoms with van der Waals surface area (Å²) in [7, 11) is 0. The Kier molecular flexibility index (Phi) is 2.65. The van der Waals surface area contributed by atoms with Crippen molar-refractivity contribution < 1.29 is 9.53 Å². The normalized spacial score (nSPS) is 23.5. The molecule has 0 spiro atoms. The zero-order valence-corrected chi connectivity index (χ0v) is 10.2. The summed E-state index contributed by atoms with van der Waals surface area (Å²) in [5.74, 6) is 1.57. The van der Waals surface area contributed by atoms with E-state index in [0.29, 0.717) is 5.78 Å². The molecule has 2 heteroatoms. The van der Waals surface area contributed by atoms with Crippen molar-refractivity contribution >= 4 is 5.78 Å². The van der Waals surface area contributed by atoms with Gasteiger partial charge in [0.05, 0.1) is 0 Å². The third kappa shape index (κ3) is 1.97. The average Bonchev–Trinajstić information content (AvgIpc) is 2.94. The molecule has 1 atom stereocenters. The van der Waals surface area contributed by atoms with Gasteiger partial charge in [-0.2, -0.15) is 0 Å². The number of hydrogen-bond donors (Lipinski definition) is 0. The van der Waals surface area contributed by atoms with Crippen molar-refractivity contribution in [2.75, 3.05) is 0 Å². The lowest BCUT2D eigenvalue weighted by atomic mass is 9.94. The van der Waals surface area contributed by atoms with E-state index >= 15 is 0 Å². The summed E-state index contributed by atoms with van der Waals surface area (Å²) in [6.07, 6.45) is 5.75. The van der Waals surface area contributed by atoms with Crippen molar-refractivity contribution in [3.8, 4) is 5.75 Å². The lowest BCUT2D eigenvalue weighted by molar-refractivity contribution is 0.0923. The van der Waals surface area contributed by atoms with Crippen LogP contribution < -0.4 is 4.74 Å². The number of Topliss-reactive ketones (excluding diaryl/α,β-unsaturated/α-hetero) is 1. The monoisotopic (exact) mass is 230 g/mol. The number of rotatable bonds is 2. The summed E-state index contributed by atoms with van der Waals surface area (Å²) in [6.45, 7) is 2.07. The number of hydrogen-bond acceptors (Lipinski definition) is 2. The number of fused-ring (bicyclic) bond motifs is 1. The lowest BCUT2D eigenvalue weighted by Gasteiger charge is -2.08. The summed E-state index contributed by atoms with van der Waals surface area (Å²) < 4.78 is 5.66. The fraction of sp³-hybridized carbons (Fsp3) is 0.533. The molecule has 0 radical (unpaired) electrons. The molecular formula is C15H18O2. The molecule has 1 saturated carbocycles. The van der Waals surface area contributed by atoms with Crippen LogP contribution in [0.25, 0.3) is 0 Å². The first-order valence-electron chi connectivity index (χ1n) is 6.58. The highest BCUT2D eigenvalue weighted by Crippen LogP contribution is 2.32. The van der Waals surface area contributed by atoms with E-state index in [1.54, 1.807) is 0 Å². The van der Waals surface area contributed by atoms with Crippen LogP contribution in [0.1, 0.15) is 48.5 Å². The highest BCUT2D eigenvalue weighted by atomic mass is 16.5. The first-order chi connectivity index (χ1) is 8.24. The van der Waals surface area contributed by atoms with Crippen molar-refractivity contribution in [3.63, 3.8) is 0 Å². The van der Waals surface area contributed by atoms with Gasteiger partial charge in [-0.05, 0) is 43.5 Å². The minimum absolute atomic E-state index is 0.252. The third-order valence-corrected chi connectivity index (χ3v) is 3.91. The average molecular weight is 230 g/mol. The molecule has 1 unspecified atom stereocenters. The molecule has 17 heavy (non-hydrogen) atoms. The summed E-state index contributed by atoms with van der Waals surface area (Å²) in [5.41, 5.74) is 2.08. The molecule has 0 bridgehead atoms. The Morgan fingerprint density at radius 2 is 2.06 bits per heavy atom. The van der Waals surface area contributed by atoms with Crippen LogP contribution in [-0.4, -0.2) is 11.9 Å². The smallest absolute Gasteiger partial charge is 0.165 e. The standard InChI is InChI=1S/C15H18O2/c1-10-8-13-9-12(6-7-14(13)17-10)15(16)11-4-2-3-5-11/h6-7,9-11H,2-5,8H2,1H3. The number of ether oxygens (including phenoxy) is 1. The van der Waals surface area contributed by atoms with Gasteiger partial charge >= 0.3 is 0 Å². The lowest BCUT2D eigenvalue weighted by Crippen LogP contribution is -2.11. The second kappa shape index (κ2) is 4.17. The van der Waals surface area contributed by atoms with Crippen molar-refractivity contribution in [1.82, 2.24) is 0 Å². The molecule has 0 amide bonds. The first kappa shape index (κ1) is 10.8. The maximum atomic E-state index is 12.3. The Balaban J connectivity index is 1.84. The Morgan fingerprint density at radius 3 is 2.82 bits per heavy atom. The van der Waals surface area contributed by atoms with Crippen molar-refractivity contribution in [1.29, 1.82) is 0 Å². The zero-order chi connectivity index (χ0) is 11.8. The van der Waals surface area contributed by atoms with Gasteiger partial charge in [0, 0.05) is 17.9 Å². The maximum Gasteiger partial charge on any atom is 0.165 e. The van der Waals surface area contributed by atoms with E-state index in [4.69, 9.17) is 4.74 Å². The van der Waals surface area contributed by atoms with E-state index in [-0.39, 0.29) is 12.0 Å². The quantitative estimate of drug-likeness (QED) is 0.728. The van der Waals surface area contributed by atoms with Crippen LogP contribution in [0.2, 0.25) is 0 Å². The Labute approximate surface area is 102 Å². The molecular weight excluding hydrogens is 212 g/mol. The van der Waals surface area contributed by atoms with E-state index in [2.05, 4.69) is 6.92 Å². The molecule has 1 heterocycles. The van der Waals surface area contributed by atoms with Crippen molar-refractivity contribution in [3.05, 3.63) is 29.3 Å². The molecule has 1 aliphatic carbocycles. The molecule has 3 rings (SSSR count). The van der Waals surface area contributed by atoms with E-state index in [1.807, 2.05) is 18.2 Å². The largest absolute Gasteiger partial charge is 0.490 e. The molecule has 0 saturated heterocycles. The predicted molar refractivity (Wildman–Crippen MR) is 66.5 cm³/mol. The Morgan fingerprint density at radius 1 is 1.29 bits per heavy atom. The highest BCUT2D eigenvalue weighted by Gasteiger charge is 2.26. The van der Waals surface area contributed by atoms with E-state index < -0.39 is 0 Å². The summed E-state index contributed by atoms with van der Waals surface area (Å²) in [4.78, 5) is 12.3. The fourth-order valence-electron chi connectivity index (χ4n) is 3.00. The fourth-order valence-corrected chi connectivity index (χ4v) is 3.00. The number of carbonyl (C=O) groups is 1. The van der Waals surface area contributed by atoms with Gasteiger partial charge in [0.25, 0.3) is 0 Å². The molecule has 1 fully saturated rings. The Bertz CT molecular complexity index is 444. The van der Waals surface area contributed by atoms with Crippen LogP contribution >= 0.6 is 0 Å². The van der Waals surface area contributed by atoms with Gasteiger partial charge in [0.15, 0.2) is 5.78 Å². The van der Waals surface area contributed by atoms with Gasteiger partial charge in [-0.1, -0.05) is 12.8 Å².